The summed E-state index contributed by atoms with van der Waals surface area (Å²) >= 11 is 0. The number of aliphatic imine (C=N–C) groups is 2. The molecule has 29 heavy (non-hydrogen) atoms. The molecule has 2 unspecified atom stereocenters. The van der Waals surface area contributed by atoms with Crippen molar-refractivity contribution < 1.29 is 51.4 Å². The second kappa shape index (κ2) is 9.13. The van der Waals surface area contributed by atoms with Crippen LogP contribution in [0.4, 0.5) is 0 Å². The van der Waals surface area contributed by atoms with E-state index in [-0.39, 0.29) is 63.8 Å². The molecule has 3 rings (SSSR count). The summed E-state index contributed by atoms with van der Waals surface area (Å²) in [4.78, 5) is 14.4. The Hall–Kier alpha value is -0.811. The summed E-state index contributed by atoms with van der Waals surface area (Å²) in [6.45, 7) is 18.5. The number of hydrogen-bond acceptors (Lipinski definition) is 5. The zero-order valence-corrected chi connectivity index (χ0v) is 21.0. The molecule has 0 amide bonds. The molecule has 0 N–H and O–H groups in total. The van der Waals surface area contributed by atoms with E-state index in [9.17, 15) is 0 Å². The van der Waals surface area contributed by atoms with Crippen LogP contribution in [0.3, 0.4) is 0 Å². The molecule has 8 heteroatoms. The Morgan fingerprint density at radius 3 is 1.38 bits per heavy atom. The molecule has 0 saturated carbocycles. The van der Waals surface area contributed by atoms with Crippen molar-refractivity contribution in [2.45, 2.75) is 66.5 Å². The summed E-state index contributed by atoms with van der Waals surface area (Å²) in [5.74, 6) is 1.20. The van der Waals surface area contributed by atoms with Crippen LogP contribution in [0.1, 0.15) is 66.8 Å². The molecule has 0 bridgehead atoms. The first kappa shape index (κ1) is 28.2. The molecule has 0 aromatic carbocycles. The number of halogens is 2. The molecular weight excluding hydrogens is 453 g/mol. The molecule has 0 saturated heterocycles. The summed E-state index contributed by atoms with van der Waals surface area (Å²) in [5, 5.41) is 0. The second-order valence-electron chi connectivity index (χ2n) is 9.87. The smallest absolute Gasteiger partial charge is 1.00 e. The maximum Gasteiger partial charge on any atom is 2.00 e. The van der Waals surface area contributed by atoms with Crippen LogP contribution in [0.25, 0.3) is 0 Å². The van der Waals surface area contributed by atoms with Gasteiger partial charge in [-0.25, -0.2) is 15.0 Å². The van der Waals surface area contributed by atoms with E-state index < -0.39 is 0 Å². The van der Waals surface area contributed by atoms with Gasteiger partial charge in [0.1, 0.15) is 35.7 Å². The predicted octanol–water partition coefficient (Wildman–Crippen LogP) is -1.75. The van der Waals surface area contributed by atoms with Crippen LogP contribution in [0.15, 0.2) is 28.2 Å². The normalized spacial score (nSPS) is 26.1. The van der Waals surface area contributed by atoms with Crippen molar-refractivity contribution in [3.05, 3.63) is 29.6 Å². The average Bonchev–Trinajstić information content (AvgIpc) is 3.12. The Balaban J connectivity index is 0.00000261. The van der Waals surface area contributed by atoms with E-state index in [0.717, 1.165) is 11.4 Å². The maximum atomic E-state index is 5.90. The molecule has 0 spiro atoms. The van der Waals surface area contributed by atoms with Crippen molar-refractivity contribution in [2.24, 2.45) is 20.8 Å². The fourth-order valence-electron chi connectivity index (χ4n) is 2.70. The first-order chi connectivity index (χ1) is 11.8. The maximum absolute atomic E-state index is 5.90. The van der Waals surface area contributed by atoms with E-state index in [1.807, 2.05) is 18.2 Å². The minimum absolute atomic E-state index is 0. The van der Waals surface area contributed by atoms with Crippen LogP contribution < -0.4 is 24.8 Å². The van der Waals surface area contributed by atoms with Crippen LogP contribution >= 0.6 is 0 Å². The monoisotopic (exact) mass is 483 g/mol. The van der Waals surface area contributed by atoms with E-state index in [2.05, 4.69) is 55.4 Å². The van der Waals surface area contributed by atoms with Gasteiger partial charge in [-0.15, -0.1) is 0 Å². The first-order valence-electron chi connectivity index (χ1n) is 9.28. The summed E-state index contributed by atoms with van der Waals surface area (Å²) in [7, 11) is 0. The topological polar surface area (TPSA) is 56.1 Å². The van der Waals surface area contributed by atoms with Crippen LogP contribution in [-0.2, 0) is 26.5 Å². The largest absolute Gasteiger partial charge is 2.00 e. The molecule has 1 aromatic heterocycles. The van der Waals surface area contributed by atoms with Crippen LogP contribution in [-0.4, -0.2) is 41.1 Å². The molecule has 3 heterocycles. The van der Waals surface area contributed by atoms with Gasteiger partial charge in [-0.05, 0) is 36.8 Å². The number of rotatable bonds is 2. The van der Waals surface area contributed by atoms with Crippen LogP contribution in [0.2, 0.25) is 0 Å². The number of nitrogens with zero attached hydrogens (tertiary/aromatic N) is 3. The first-order valence-corrected chi connectivity index (χ1v) is 9.28. The third-order valence-electron chi connectivity index (χ3n) is 6.10. The van der Waals surface area contributed by atoms with Gasteiger partial charge in [-0.1, -0.05) is 47.6 Å². The fourth-order valence-corrected chi connectivity index (χ4v) is 2.70. The van der Waals surface area contributed by atoms with E-state index >= 15 is 0 Å². The van der Waals surface area contributed by atoms with E-state index in [1.54, 1.807) is 0 Å². The summed E-state index contributed by atoms with van der Waals surface area (Å²) < 4.78 is 11.8. The predicted molar refractivity (Wildman–Crippen MR) is 105 cm³/mol. The summed E-state index contributed by atoms with van der Waals surface area (Å²) in [6, 6.07) is 5.80. The van der Waals surface area contributed by atoms with Gasteiger partial charge in [0, 0.05) is 0 Å². The molecule has 0 radical (unpaired) electrons. The molecule has 164 valence electrons. The summed E-state index contributed by atoms with van der Waals surface area (Å²) in [5.41, 5.74) is 0.967. The van der Waals surface area contributed by atoms with E-state index in [0.29, 0.717) is 25.0 Å². The van der Waals surface area contributed by atoms with Gasteiger partial charge in [0.2, 0.25) is 11.8 Å². The third kappa shape index (κ3) is 5.27. The van der Waals surface area contributed by atoms with Gasteiger partial charge >= 0.3 is 17.1 Å². The van der Waals surface area contributed by atoms with Gasteiger partial charge in [-0.2, -0.15) is 0 Å². The van der Waals surface area contributed by atoms with Crippen molar-refractivity contribution in [3.63, 3.8) is 0 Å². The summed E-state index contributed by atoms with van der Waals surface area (Å²) in [6.07, 6.45) is 0. The van der Waals surface area contributed by atoms with Gasteiger partial charge in [0.25, 0.3) is 0 Å². The fraction of sp³-hybridized carbons (Fsp3) is 0.667. The zero-order chi connectivity index (χ0) is 19.4. The molecular formula is C21H31Cl2FeN3O2. The quantitative estimate of drug-likeness (QED) is 0.469. The Kier molecular flexibility index (Phi) is 8.88. The van der Waals surface area contributed by atoms with Crippen molar-refractivity contribution in [2.75, 3.05) is 13.2 Å². The van der Waals surface area contributed by atoms with Crippen LogP contribution in [0.5, 0.6) is 0 Å². The average molecular weight is 484 g/mol. The molecule has 5 nitrogen and oxygen atoms in total. The Morgan fingerprint density at radius 1 is 0.759 bits per heavy atom. The minimum Gasteiger partial charge on any atom is -1.00 e. The molecule has 2 aliphatic rings. The van der Waals surface area contributed by atoms with E-state index in [1.165, 1.54) is 0 Å². The molecule has 0 fully saturated rings. The van der Waals surface area contributed by atoms with Crippen molar-refractivity contribution in [3.8, 4) is 0 Å². The van der Waals surface area contributed by atoms with Gasteiger partial charge in [0.05, 0.1) is 0 Å². The Morgan fingerprint density at radius 2 is 1.10 bits per heavy atom. The van der Waals surface area contributed by atoms with Crippen molar-refractivity contribution in [1.82, 2.24) is 4.98 Å². The van der Waals surface area contributed by atoms with Crippen molar-refractivity contribution in [1.29, 1.82) is 0 Å². The SMILES string of the molecule is CC(C)(C)C1(C)COC(c2cccc(C3=NC(C)(C(C)(C)C)CO3)n2)=N1.[Cl-].[Cl-].[Fe+2]. The van der Waals surface area contributed by atoms with Gasteiger partial charge in [-0.3, -0.25) is 0 Å². The van der Waals surface area contributed by atoms with E-state index in [4.69, 9.17) is 24.4 Å². The molecule has 2 atom stereocenters. The Bertz CT molecular complexity index is 726. The third-order valence-corrected chi connectivity index (χ3v) is 6.10. The number of aromatic nitrogens is 1. The standard InChI is InChI=1S/C21H31N3O2.2ClH.Fe/c1-18(2,3)20(7)12-25-16(23-20)14-10-9-11-15(22-14)17-24-21(8,13-26-17)19(4,5)6;;;/h9-11H,12-13H2,1-8H3;2*1H;/q;;;+2/p-2. The van der Waals surface area contributed by atoms with Crippen molar-refractivity contribution >= 4 is 11.8 Å². The number of ether oxygens (including phenoxy) is 2. The zero-order valence-electron chi connectivity index (χ0n) is 18.4. The molecule has 1 aromatic rings. The van der Waals surface area contributed by atoms with Gasteiger partial charge < -0.3 is 34.3 Å². The number of hydrogen-bond donors (Lipinski definition) is 0. The molecule has 2 aliphatic heterocycles. The Labute approximate surface area is 197 Å². The number of pyridine rings is 1. The minimum atomic E-state index is -0.258. The second-order valence-corrected chi connectivity index (χ2v) is 9.87. The van der Waals surface area contributed by atoms with Gasteiger partial charge in [0.15, 0.2) is 0 Å². The molecule has 0 aliphatic carbocycles. The van der Waals surface area contributed by atoms with Crippen LogP contribution in [0, 0.1) is 10.8 Å².